The Morgan fingerprint density at radius 2 is 1.50 bits per heavy atom. The molecular formula is C31H40F5NO4S. The fraction of sp³-hybridized carbons (Fsp3) is 0.548. The fourth-order valence-electron chi connectivity index (χ4n) is 5.46. The Hall–Kier alpha value is -2.66. The summed E-state index contributed by atoms with van der Waals surface area (Å²) in [6.45, 7) is 1.29. The summed E-state index contributed by atoms with van der Waals surface area (Å²) in [6, 6.07) is 7.07. The molecule has 0 atom stereocenters. The number of hydrogen-bond acceptors (Lipinski definition) is 5. The van der Waals surface area contributed by atoms with E-state index in [2.05, 4.69) is 0 Å². The molecule has 0 radical (unpaired) electrons. The number of benzene rings is 2. The van der Waals surface area contributed by atoms with Gasteiger partial charge in [-0.15, -0.1) is 0 Å². The molecule has 0 heterocycles. The number of aromatic hydroxyl groups is 2. The SMILES string of the molecule is CN(CCCCCCC1=C(c2ccc(F)c(O)c2)CCCc2cc(O)c(F)cc21)CCCS(=O)(=O)CCCC(F)(F)F. The van der Waals surface area contributed by atoms with Gasteiger partial charge in [-0.2, -0.15) is 13.2 Å². The van der Waals surface area contributed by atoms with Crippen LogP contribution in [0.5, 0.6) is 11.5 Å². The van der Waals surface area contributed by atoms with Crippen LogP contribution in [0.15, 0.2) is 30.3 Å². The molecule has 3 rings (SSSR count). The Balaban J connectivity index is 1.52. The first-order chi connectivity index (χ1) is 19.8. The Bertz CT molecular complexity index is 1340. The quantitative estimate of drug-likeness (QED) is 0.159. The van der Waals surface area contributed by atoms with Crippen LogP contribution in [0.4, 0.5) is 22.0 Å². The van der Waals surface area contributed by atoms with Crippen LogP contribution in [0, 0.1) is 11.6 Å². The van der Waals surface area contributed by atoms with Crippen molar-refractivity contribution in [3.63, 3.8) is 0 Å². The number of rotatable bonds is 15. The van der Waals surface area contributed by atoms with Gasteiger partial charge in [0.2, 0.25) is 0 Å². The van der Waals surface area contributed by atoms with Crippen molar-refractivity contribution in [2.75, 3.05) is 31.6 Å². The molecule has 0 saturated heterocycles. The molecule has 0 saturated carbocycles. The Labute approximate surface area is 245 Å². The largest absolute Gasteiger partial charge is 0.505 e. The fourth-order valence-corrected chi connectivity index (χ4v) is 6.82. The zero-order valence-corrected chi connectivity index (χ0v) is 24.8. The van der Waals surface area contributed by atoms with Crippen LogP contribution < -0.4 is 0 Å². The van der Waals surface area contributed by atoms with Crippen molar-refractivity contribution in [3.8, 4) is 11.5 Å². The third-order valence-corrected chi connectivity index (χ3v) is 9.48. The van der Waals surface area contributed by atoms with Gasteiger partial charge in [-0.3, -0.25) is 0 Å². The van der Waals surface area contributed by atoms with Crippen LogP contribution in [0.3, 0.4) is 0 Å². The standard InChI is InChI=1S/C31H40F5NO4S/c1-37(16-8-18-42(40,41)17-7-14-31(34,35)36)15-5-3-2-4-10-25-24(23-12-13-27(32)29(38)20-23)11-6-9-22-19-30(39)28(33)21-26(22)25/h12-13,19-21,38-39H,2-11,14-18H2,1H3. The average molecular weight is 618 g/mol. The predicted octanol–water partition coefficient (Wildman–Crippen LogP) is 7.65. The zero-order valence-electron chi connectivity index (χ0n) is 23.9. The van der Waals surface area contributed by atoms with E-state index in [-0.39, 0.29) is 11.5 Å². The van der Waals surface area contributed by atoms with Crippen LogP contribution in [0.2, 0.25) is 0 Å². The highest BCUT2D eigenvalue weighted by Crippen LogP contribution is 2.41. The summed E-state index contributed by atoms with van der Waals surface area (Å²) < 4.78 is 88.9. The molecule has 0 fully saturated rings. The highest BCUT2D eigenvalue weighted by atomic mass is 32.2. The second kappa shape index (κ2) is 15.2. The van der Waals surface area contributed by atoms with Gasteiger partial charge in [-0.1, -0.05) is 18.9 Å². The number of fused-ring (bicyclic) bond motifs is 1. The van der Waals surface area contributed by atoms with Crippen LogP contribution in [0.25, 0.3) is 11.1 Å². The lowest BCUT2D eigenvalue weighted by atomic mass is 9.88. The number of phenolic OH excluding ortho intramolecular Hbond substituents is 2. The molecule has 1 aliphatic rings. The summed E-state index contributed by atoms with van der Waals surface area (Å²) in [6.07, 6.45) is 0.756. The number of nitrogens with zero attached hydrogens (tertiary/aromatic N) is 1. The lowest BCUT2D eigenvalue weighted by molar-refractivity contribution is -0.134. The van der Waals surface area contributed by atoms with Gasteiger partial charge in [0.05, 0.1) is 11.5 Å². The summed E-state index contributed by atoms with van der Waals surface area (Å²) in [7, 11) is -1.62. The molecule has 2 aromatic carbocycles. The van der Waals surface area contributed by atoms with Gasteiger partial charge in [-0.05, 0) is 124 Å². The molecule has 5 nitrogen and oxygen atoms in total. The van der Waals surface area contributed by atoms with E-state index in [0.29, 0.717) is 37.8 Å². The van der Waals surface area contributed by atoms with E-state index in [4.69, 9.17) is 0 Å². The summed E-state index contributed by atoms with van der Waals surface area (Å²) >= 11 is 0. The third kappa shape index (κ3) is 10.6. The summed E-state index contributed by atoms with van der Waals surface area (Å²) in [5.41, 5.74) is 4.14. The maximum Gasteiger partial charge on any atom is 0.389 e. The van der Waals surface area contributed by atoms with E-state index in [1.165, 1.54) is 24.3 Å². The topological polar surface area (TPSA) is 77.8 Å². The minimum Gasteiger partial charge on any atom is -0.505 e. The monoisotopic (exact) mass is 617 g/mol. The maximum absolute atomic E-state index is 14.4. The van der Waals surface area contributed by atoms with Gasteiger partial charge in [-0.25, -0.2) is 17.2 Å². The van der Waals surface area contributed by atoms with Crippen molar-refractivity contribution in [2.24, 2.45) is 0 Å². The number of halogens is 5. The molecule has 2 N–H and O–H groups in total. The Morgan fingerprint density at radius 3 is 2.21 bits per heavy atom. The summed E-state index contributed by atoms with van der Waals surface area (Å²) in [5, 5.41) is 19.9. The molecular weight excluding hydrogens is 577 g/mol. The molecule has 0 aliphatic heterocycles. The predicted molar refractivity (Wildman–Crippen MR) is 155 cm³/mol. The molecule has 0 unspecified atom stereocenters. The lowest BCUT2D eigenvalue weighted by Crippen LogP contribution is -2.24. The number of allylic oxidation sites excluding steroid dienone is 2. The Kier molecular flexibility index (Phi) is 12.2. The van der Waals surface area contributed by atoms with Crippen molar-refractivity contribution in [2.45, 2.75) is 76.8 Å². The third-order valence-electron chi connectivity index (χ3n) is 7.66. The normalized spacial score (nSPS) is 14.4. The Morgan fingerprint density at radius 1 is 0.833 bits per heavy atom. The molecule has 1 aliphatic carbocycles. The number of sulfone groups is 1. The zero-order chi connectivity index (χ0) is 30.9. The molecule has 2 aromatic rings. The van der Waals surface area contributed by atoms with E-state index in [0.717, 1.165) is 60.9 Å². The number of alkyl halides is 3. The summed E-state index contributed by atoms with van der Waals surface area (Å²) in [5.74, 6) is -2.82. The van der Waals surface area contributed by atoms with Gasteiger partial charge < -0.3 is 15.1 Å². The minimum atomic E-state index is -4.34. The molecule has 11 heteroatoms. The highest BCUT2D eigenvalue weighted by molar-refractivity contribution is 7.91. The first kappa shape index (κ1) is 33.8. The van der Waals surface area contributed by atoms with Gasteiger partial charge >= 0.3 is 6.18 Å². The van der Waals surface area contributed by atoms with Crippen LogP contribution in [0.1, 0.15) is 80.9 Å². The maximum atomic E-state index is 14.4. The molecule has 0 aromatic heterocycles. The van der Waals surface area contributed by atoms with Crippen LogP contribution in [-0.2, 0) is 16.3 Å². The second-order valence-electron chi connectivity index (χ2n) is 11.1. The van der Waals surface area contributed by atoms with Crippen molar-refractivity contribution in [3.05, 3.63) is 58.7 Å². The minimum absolute atomic E-state index is 0.127. The smallest absolute Gasteiger partial charge is 0.389 e. The average Bonchev–Trinajstić information content (AvgIpc) is 3.06. The van der Waals surface area contributed by atoms with Crippen molar-refractivity contribution in [1.82, 2.24) is 4.90 Å². The second-order valence-corrected chi connectivity index (χ2v) is 13.4. The summed E-state index contributed by atoms with van der Waals surface area (Å²) in [4.78, 5) is 2.02. The van der Waals surface area contributed by atoms with E-state index in [9.17, 15) is 40.6 Å². The molecule has 234 valence electrons. The van der Waals surface area contributed by atoms with Crippen molar-refractivity contribution >= 4 is 21.0 Å². The van der Waals surface area contributed by atoms with Crippen molar-refractivity contribution < 1.29 is 40.6 Å². The molecule has 0 bridgehead atoms. The first-order valence-electron chi connectivity index (χ1n) is 14.4. The van der Waals surface area contributed by atoms with Gasteiger partial charge in [0.1, 0.15) is 9.84 Å². The van der Waals surface area contributed by atoms with Gasteiger partial charge in [0.15, 0.2) is 23.1 Å². The van der Waals surface area contributed by atoms with Crippen molar-refractivity contribution in [1.29, 1.82) is 0 Å². The molecule has 0 spiro atoms. The van der Waals surface area contributed by atoms with Gasteiger partial charge in [0.25, 0.3) is 0 Å². The molecule has 42 heavy (non-hydrogen) atoms. The van der Waals surface area contributed by atoms with Crippen LogP contribution >= 0.6 is 0 Å². The van der Waals surface area contributed by atoms with E-state index in [1.54, 1.807) is 6.07 Å². The lowest BCUT2D eigenvalue weighted by Gasteiger charge is -2.18. The van der Waals surface area contributed by atoms with Crippen LogP contribution in [-0.4, -0.2) is 61.3 Å². The van der Waals surface area contributed by atoms with E-state index >= 15 is 0 Å². The highest BCUT2D eigenvalue weighted by Gasteiger charge is 2.27. The number of phenols is 2. The number of aryl methyl sites for hydroxylation is 1. The van der Waals surface area contributed by atoms with Gasteiger partial charge in [0, 0.05) is 6.42 Å². The molecule has 0 amide bonds. The number of unbranched alkanes of at least 4 members (excludes halogenated alkanes) is 3. The first-order valence-corrected chi connectivity index (χ1v) is 16.3. The van der Waals surface area contributed by atoms with E-state index in [1.807, 2.05) is 11.9 Å². The van der Waals surface area contributed by atoms with E-state index < -0.39 is 52.0 Å². The number of hydrogen-bond donors (Lipinski definition) is 2.